The van der Waals surface area contributed by atoms with Crippen LogP contribution in [0.4, 0.5) is 0 Å². The van der Waals surface area contributed by atoms with Crippen molar-refractivity contribution in [2.45, 2.75) is 12.5 Å². The summed E-state index contributed by atoms with van der Waals surface area (Å²) in [5.41, 5.74) is 5.31. The van der Waals surface area contributed by atoms with Crippen molar-refractivity contribution in [1.29, 1.82) is 0 Å². The van der Waals surface area contributed by atoms with Crippen LogP contribution in [0.1, 0.15) is 6.42 Å². The van der Waals surface area contributed by atoms with E-state index in [2.05, 4.69) is 11.2 Å². The van der Waals surface area contributed by atoms with E-state index >= 15 is 0 Å². The summed E-state index contributed by atoms with van der Waals surface area (Å²) in [5, 5.41) is 2.52. The summed E-state index contributed by atoms with van der Waals surface area (Å²) < 4.78 is 4.91. The van der Waals surface area contributed by atoms with Crippen LogP contribution in [0.2, 0.25) is 0 Å². The standard InChI is InChI=1S/C8H14N2O2/c1-3-4-10-8(11)5-7(6-9)12-2/h1,7H,4-6,9H2,2H3,(H,10,11). The van der Waals surface area contributed by atoms with Crippen molar-refractivity contribution in [3.63, 3.8) is 0 Å². The molecule has 3 N–H and O–H groups in total. The Morgan fingerprint density at radius 2 is 2.50 bits per heavy atom. The summed E-state index contributed by atoms with van der Waals surface area (Å²) in [5.74, 6) is 2.17. The number of hydrogen-bond donors (Lipinski definition) is 2. The van der Waals surface area contributed by atoms with Crippen LogP contribution in [0.5, 0.6) is 0 Å². The van der Waals surface area contributed by atoms with Gasteiger partial charge in [-0.15, -0.1) is 6.42 Å². The fourth-order valence-electron chi connectivity index (χ4n) is 0.691. The lowest BCUT2D eigenvalue weighted by molar-refractivity contribution is -0.123. The minimum atomic E-state index is -0.220. The zero-order valence-electron chi connectivity index (χ0n) is 7.17. The Balaban J connectivity index is 3.60. The van der Waals surface area contributed by atoms with Crippen molar-refractivity contribution in [2.24, 2.45) is 5.73 Å². The van der Waals surface area contributed by atoms with Gasteiger partial charge in [-0.1, -0.05) is 5.92 Å². The molecule has 0 aromatic heterocycles. The van der Waals surface area contributed by atoms with Crippen LogP contribution in [-0.4, -0.2) is 32.2 Å². The predicted octanol–water partition coefficient (Wildman–Crippen LogP) is -0.900. The molecule has 0 aliphatic rings. The van der Waals surface area contributed by atoms with Crippen LogP contribution in [0, 0.1) is 12.3 Å². The van der Waals surface area contributed by atoms with Gasteiger partial charge in [0.1, 0.15) is 0 Å². The first-order valence-corrected chi connectivity index (χ1v) is 3.67. The molecular formula is C8H14N2O2. The third kappa shape index (κ3) is 4.72. The number of rotatable bonds is 5. The highest BCUT2D eigenvalue weighted by atomic mass is 16.5. The molecule has 0 rings (SSSR count). The van der Waals surface area contributed by atoms with Gasteiger partial charge in [-0.25, -0.2) is 0 Å². The molecule has 0 saturated heterocycles. The number of methoxy groups -OCH3 is 1. The highest BCUT2D eigenvalue weighted by molar-refractivity contribution is 5.76. The first kappa shape index (κ1) is 11.0. The third-order valence-corrected chi connectivity index (χ3v) is 1.40. The topological polar surface area (TPSA) is 64.4 Å². The summed E-state index contributed by atoms with van der Waals surface area (Å²) in [6.45, 7) is 0.583. The minimum Gasteiger partial charge on any atom is -0.380 e. The Labute approximate surface area is 72.5 Å². The van der Waals surface area contributed by atoms with Crippen LogP contribution < -0.4 is 11.1 Å². The zero-order chi connectivity index (χ0) is 9.40. The number of carbonyl (C=O) groups is 1. The summed E-state index contributed by atoms with van der Waals surface area (Å²) in [7, 11) is 1.52. The first-order valence-electron chi connectivity index (χ1n) is 3.67. The normalized spacial score (nSPS) is 11.8. The SMILES string of the molecule is C#CCNC(=O)CC(CN)OC. The lowest BCUT2D eigenvalue weighted by atomic mass is 10.2. The summed E-state index contributed by atoms with van der Waals surface area (Å²) >= 11 is 0. The number of terminal acetylenes is 1. The van der Waals surface area contributed by atoms with Crippen molar-refractivity contribution in [3.05, 3.63) is 0 Å². The van der Waals surface area contributed by atoms with Gasteiger partial charge in [0.05, 0.1) is 19.1 Å². The smallest absolute Gasteiger partial charge is 0.223 e. The molecule has 12 heavy (non-hydrogen) atoms. The minimum absolute atomic E-state index is 0.134. The van der Waals surface area contributed by atoms with E-state index in [-0.39, 0.29) is 25.0 Å². The van der Waals surface area contributed by atoms with Gasteiger partial charge in [0.2, 0.25) is 5.91 Å². The molecule has 4 heteroatoms. The maximum absolute atomic E-state index is 11.0. The number of nitrogens with one attached hydrogen (secondary N) is 1. The molecule has 1 atom stereocenters. The second kappa shape index (κ2) is 6.65. The van der Waals surface area contributed by atoms with Gasteiger partial charge in [0, 0.05) is 13.7 Å². The lowest BCUT2D eigenvalue weighted by Crippen LogP contribution is -2.32. The van der Waals surface area contributed by atoms with Crippen LogP contribution in [0.3, 0.4) is 0 Å². The maximum Gasteiger partial charge on any atom is 0.223 e. The number of carbonyl (C=O) groups excluding carboxylic acids is 1. The van der Waals surface area contributed by atoms with E-state index in [4.69, 9.17) is 16.9 Å². The Morgan fingerprint density at radius 3 is 2.92 bits per heavy atom. The maximum atomic E-state index is 11.0. The number of amides is 1. The molecular weight excluding hydrogens is 156 g/mol. The molecule has 0 spiro atoms. The van der Waals surface area contributed by atoms with E-state index in [1.807, 2.05) is 0 Å². The highest BCUT2D eigenvalue weighted by Gasteiger charge is 2.09. The van der Waals surface area contributed by atoms with E-state index in [1.165, 1.54) is 7.11 Å². The molecule has 0 saturated carbocycles. The molecule has 1 unspecified atom stereocenters. The fourth-order valence-corrected chi connectivity index (χ4v) is 0.691. The van der Waals surface area contributed by atoms with Crippen molar-refractivity contribution in [3.8, 4) is 12.3 Å². The average molecular weight is 170 g/mol. The zero-order valence-corrected chi connectivity index (χ0v) is 7.17. The van der Waals surface area contributed by atoms with Crippen LogP contribution in [0.15, 0.2) is 0 Å². The van der Waals surface area contributed by atoms with Crippen molar-refractivity contribution >= 4 is 5.91 Å². The highest BCUT2D eigenvalue weighted by Crippen LogP contribution is 1.93. The molecule has 0 radical (unpaired) electrons. The Kier molecular flexibility index (Phi) is 6.07. The van der Waals surface area contributed by atoms with E-state index in [9.17, 15) is 4.79 Å². The average Bonchev–Trinajstić information content (AvgIpc) is 2.10. The largest absolute Gasteiger partial charge is 0.380 e. The number of nitrogens with two attached hydrogens (primary N) is 1. The fraction of sp³-hybridized carbons (Fsp3) is 0.625. The predicted molar refractivity (Wildman–Crippen MR) is 46.3 cm³/mol. The van der Waals surface area contributed by atoms with Gasteiger partial charge in [-0.3, -0.25) is 4.79 Å². The second-order valence-electron chi connectivity index (χ2n) is 2.28. The number of hydrogen-bond acceptors (Lipinski definition) is 3. The van der Waals surface area contributed by atoms with Gasteiger partial charge in [-0.05, 0) is 0 Å². The third-order valence-electron chi connectivity index (χ3n) is 1.40. The van der Waals surface area contributed by atoms with Gasteiger partial charge in [-0.2, -0.15) is 0 Å². The Bertz CT molecular complexity index is 170. The van der Waals surface area contributed by atoms with Crippen molar-refractivity contribution < 1.29 is 9.53 Å². The molecule has 0 aromatic carbocycles. The second-order valence-corrected chi connectivity index (χ2v) is 2.28. The molecule has 4 nitrogen and oxygen atoms in total. The van der Waals surface area contributed by atoms with Gasteiger partial charge >= 0.3 is 0 Å². The molecule has 0 aliphatic carbocycles. The number of ether oxygens (including phenoxy) is 1. The summed E-state index contributed by atoms with van der Waals surface area (Å²) in [6, 6.07) is 0. The summed E-state index contributed by atoms with van der Waals surface area (Å²) in [6.07, 6.45) is 4.99. The quantitative estimate of drug-likeness (QED) is 0.525. The Morgan fingerprint density at radius 1 is 1.83 bits per heavy atom. The molecule has 68 valence electrons. The van der Waals surface area contributed by atoms with E-state index < -0.39 is 0 Å². The van der Waals surface area contributed by atoms with Crippen LogP contribution in [0.25, 0.3) is 0 Å². The molecule has 0 aromatic rings. The van der Waals surface area contributed by atoms with Crippen LogP contribution in [-0.2, 0) is 9.53 Å². The molecule has 0 fully saturated rings. The monoisotopic (exact) mass is 170 g/mol. The molecule has 0 aliphatic heterocycles. The van der Waals surface area contributed by atoms with Crippen molar-refractivity contribution in [2.75, 3.05) is 20.2 Å². The summed E-state index contributed by atoms with van der Waals surface area (Å²) in [4.78, 5) is 11.0. The van der Waals surface area contributed by atoms with Gasteiger partial charge < -0.3 is 15.8 Å². The van der Waals surface area contributed by atoms with Crippen LogP contribution >= 0.6 is 0 Å². The first-order chi connectivity index (χ1) is 5.74. The van der Waals surface area contributed by atoms with Crippen molar-refractivity contribution in [1.82, 2.24) is 5.32 Å². The Hall–Kier alpha value is -1.05. The van der Waals surface area contributed by atoms with E-state index in [1.54, 1.807) is 0 Å². The van der Waals surface area contributed by atoms with Gasteiger partial charge in [0.15, 0.2) is 0 Å². The molecule has 0 heterocycles. The van der Waals surface area contributed by atoms with Gasteiger partial charge in [0.25, 0.3) is 0 Å². The lowest BCUT2D eigenvalue weighted by Gasteiger charge is -2.11. The molecule has 1 amide bonds. The van der Waals surface area contributed by atoms with E-state index in [0.717, 1.165) is 0 Å². The van der Waals surface area contributed by atoms with E-state index in [0.29, 0.717) is 6.54 Å². The molecule has 0 bridgehead atoms.